The van der Waals surface area contributed by atoms with Gasteiger partial charge in [-0.3, -0.25) is 4.98 Å². The predicted molar refractivity (Wildman–Crippen MR) is 78.3 cm³/mol. The number of nitrogens with one attached hydrogen (secondary N) is 1. The molecule has 0 spiro atoms. The highest BCUT2D eigenvalue weighted by molar-refractivity contribution is 7.12. The van der Waals surface area contributed by atoms with Crippen LogP contribution >= 0.6 is 11.3 Å². The molecule has 2 aromatic heterocycles. The smallest absolute Gasteiger partial charge is 0.0686 e. The molecule has 2 aromatic rings. The topological polar surface area (TPSA) is 24.9 Å². The van der Waals surface area contributed by atoms with Gasteiger partial charge in [0.05, 0.1) is 6.04 Å². The molecule has 0 aliphatic heterocycles. The number of aryl methyl sites for hydroxylation is 3. The zero-order valence-corrected chi connectivity index (χ0v) is 12.3. The van der Waals surface area contributed by atoms with Crippen LogP contribution in [-0.4, -0.2) is 11.5 Å². The maximum atomic E-state index is 4.31. The Kier molecular flexibility index (Phi) is 4.15. The predicted octanol–water partition coefficient (Wildman–Crippen LogP) is 3.77. The Morgan fingerprint density at radius 2 is 2.00 bits per heavy atom. The van der Waals surface area contributed by atoms with Crippen molar-refractivity contribution >= 4 is 11.3 Å². The van der Waals surface area contributed by atoms with Crippen LogP contribution in [0.25, 0.3) is 0 Å². The van der Waals surface area contributed by atoms with E-state index in [1.165, 1.54) is 26.4 Å². The Balaban J connectivity index is 2.39. The van der Waals surface area contributed by atoms with Crippen molar-refractivity contribution in [2.45, 2.75) is 33.7 Å². The van der Waals surface area contributed by atoms with Gasteiger partial charge in [-0.05, 0) is 50.1 Å². The molecule has 3 heteroatoms. The summed E-state index contributed by atoms with van der Waals surface area (Å²) >= 11 is 1.87. The Labute approximate surface area is 113 Å². The highest BCUT2D eigenvalue weighted by Crippen LogP contribution is 2.30. The number of nitrogens with zero attached hydrogens (tertiary/aromatic N) is 1. The summed E-state index contributed by atoms with van der Waals surface area (Å²) in [5, 5.41) is 3.55. The summed E-state index contributed by atoms with van der Waals surface area (Å²) in [5.74, 6) is 0. The number of aromatic nitrogens is 1. The van der Waals surface area contributed by atoms with Gasteiger partial charge in [0.1, 0.15) is 0 Å². The molecule has 0 aliphatic carbocycles. The highest BCUT2D eigenvalue weighted by Gasteiger charge is 2.16. The van der Waals surface area contributed by atoms with E-state index in [4.69, 9.17) is 0 Å². The maximum absolute atomic E-state index is 4.31. The van der Waals surface area contributed by atoms with Crippen molar-refractivity contribution < 1.29 is 0 Å². The van der Waals surface area contributed by atoms with E-state index in [9.17, 15) is 0 Å². The monoisotopic (exact) mass is 260 g/mol. The van der Waals surface area contributed by atoms with Gasteiger partial charge in [-0.2, -0.15) is 0 Å². The summed E-state index contributed by atoms with van der Waals surface area (Å²) in [4.78, 5) is 7.08. The van der Waals surface area contributed by atoms with Gasteiger partial charge >= 0.3 is 0 Å². The Hall–Kier alpha value is -1.19. The van der Waals surface area contributed by atoms with Crippen LogP contribution in [-0.2, 0) is 0 Å². The quantitative estimate of drug-likeness (QED) is 0.905. The number of hydrogen-bond acceptors (Lipinski definition) is 3. The second kappa shape index (κ2) is 5.63. The number of pyridine rings is 1. The summed E-state index contributed by atoms with van der Waals surface area (Å²) in [6.45, 7) is 9.54. The summed E-state index contributed by atoms with van der Waals surface area (Å²) in [5.41, 5.74) is 3.83. The lowest BCUT2D eigenvalue weighted by Gasteiger charge is -2.17. The van der Waals surface area contributed by atoms with Gasteiger partial charge in [-0.1, -0.05) is 13.0 Å². The molecule has 2 nitrogen and oxygen atoms in total. The fraction of sp³-hybridized carbons (Fsp3) is 0.400. The first-order valence-electron chi connectivity index (χ1n) is 6.33. The lowest BCUT2D eigenvalue weighted by atomic mass is 10.1. The van der Waals surface area contributed by atoms with Crippen LogP contribution in [0.5, 0.6) is 0 Å². The van der Waals surface area contributed by atoms with E-state index in [0.717, 1.165) is 6.54 Å². The van der Waals surface area contributed by atoms with Gasteiger partial charge in [0.2, 0.25) is 0 Å². The van der Waals surface area contributed by atoms with Crippen LogP contribution in [0.1, 0.15) is 39.4 Å². The minimum Gasteiger partial charge on any atom is -0.306 e. The van der Waals surface area contributed by atoms with Crippen LogP contribution in [0.2, 0.25) is 0 Å². The Morgan fingerprint density at radius 3 is 2.56 bits per heavy atom. The van der Waals surface area contributed by atoms with Crippen LogP contribution in [0.3, 0.4) is 0 Å². The maximum Gasteiger partial charge on any atom is 0.0686 e. The highest BCUT2D eigenvalue weighted by atomic mass is 32.1. The molecule has 0 radical (unpaired) electrons. The van der Waals surface area contributed by atoms with Crippen LogP contribution in [0.15, 0.2) is 24.5 Å². The molecule has 0 aromatic carbocycles. The molecule has 18 heavy (non-hydrogen) atoms. The summed E-state index contributed by atoms with van der Waals surface area (Å²) in [7, 11) is 0. The third-order valence-corrected chi connectivity index (χ3v) is 4.32. The summed E-state index contributed by atoms with van der Waals surface area (Å²) < 4.78 is 0. The largest absolute Gasteiger partial charge is 0.306 e. The standard InChI is InChI=1S/C15H20N2S/c1-5-17-15(13-6-10(2)8-16-9-13)14-7-11(3)12(4)18-14/h6-9,15,17H,5H2,1-4H3. The van der Waals surface area contributed by atoms with E-state index >= 15 is 0 Å². The summed E-state index contributed by atoms with van der Waals surface area (Å²) in [6.07, 6.45) is 3.86. The molecule has 0 aliphatic rings. The van der Waals surface area contributed by atoms with Crippen molar-refractivity contribution in [2.24, 2.45) is 0 Å². The van der Waals surface area contributed by atoms with E-state index in [0.29, 0.717) is 0 Å². The fourth-order valence-electron chi connectivity index (χ4n) is 2.07. The third kappa shape index (κ3) is 2.79. The zero-order valence-electron chi connectivity index (χ0n) is 11.4. The number of thiophene rings is 1. The molecular weight excluding hydrogens is 240 g/mol. The van der Waals surface area contributed by atoms with Crippen molar-refractivity contribution in [1.82, 2.24) is 10.3 Å². The molecular formula is C15H20N2S. The van der Waals surface area contributed by atoms with Crippen LogP contribution in [0, 0.1) is 20.8 Å². The molecule has 0 saturated heterocycles. The van der Waals surface area contributed by atoms with Gasteiger partial charge in [0.25, 0.3) is 0 Å². The zero-order chi connectivity index (χ0) is 13.1. The first-order chi connectivity index (χ1) is 8.61. The number of rotatable bonds is 4. The molecule has 2 rings (SSSR count). The molecule has 2 heterocycles. The Morgan fingerprint density at radius 1 is 1.22 bits per heavy atom. The van der Waals surface area contributed by atoms with Gasteiger partial charge < -0.3 is 5.32 Å². The third-order valence-electron chi connectivity index (χ3n) is 3.11. The van der Waals surface area contributed by atoms with E-state index in [1.807, 2.05) is 23.7 Å². The fourth-order valence-corrected chi connectivity index (χ4v) is 3.21. The first kappa shape index (κ1) is 13.2. The van der Waals surface area contributed by atoms with Gasteiger partial charge in [0, 0.05) is 22.1 Å². The molecule has 1 atom stereocenters. The molecule has 1 N–H and O–H groups in total. The minimum absolute atomic E-state index is 0.264. The van der Waals surface area contributed by atoms with Gasteiger partial charge in [-0.25, -0.2) is 0 Å². The van der Waals surface area contributed by atoms with E-state index < -0.39 is 0 Å². The van der Waals surface area contributed by atoms with E-state index in [1.54, 1.807) is 0 Å². The molecule has 0 amide bonds. The van der Waals surface area contributed by atoms with Crippen molar-refractivity contribution in [3.05, 3.63) is 51.0 Å². The normalized spacial score (nSPS) is 12.7. The van der Waals surface area contributed by atoms with Crippen molar-refractivity contribution in [1.29, 1.82) is 0 Å². The molecule has 0 saturated carbocycles. The average molecular weight is 260 g/mol. The SMILES string of the molecule is CCNC(c1cncc(C)c1)c1cc(C)c(C)s1. The molecule has 0 bridgehead atoms. The second-order valence-electron chi connectivity index (χ2n) is 4.67. The van der Waals surface area contributed by atoms with E-state index in [-0.39, 0.29) is 6.04 Å². The number of hydrogen-bond donors (Lipinski definition) is 1. The Bertz CT molecular complexity index is 512. The lowest BCUT2D eigenvalue weighted by molar-refractivity contribution is 0.637. The minimum atomic E-state index is 0.264. The molecule has 0 fully saturated rings. The van der Waals surface area contributed by atoms with Crippen LogP contribution in [0.4, 0.5) is 0 Å². The van der Waals surface area contributed by atoms with Crippen LogP contribution < -0.4 is 5.32 Å². The van der Waals surface area contributed by atoms with Gasteiger partial charge in [-0.15, -0.1) is 11.3 Å². The van der Waals surface area contributed by atoms with Gasteiger partial charge in [0.15, 0.2) is 0 Å². The first-order valence-corrected chi connectivity index (χ1v) is 7.15. The van der Waals surface area contributed by atoms with Crippen molar-refractivity contribution in [3.8, 4) is 0 Å². The second-order valence-corrected chi connectivity index (χ2v) is 5.96. The lowest BCUT2D eigenvalue weighted by Crippen LogP contribution is -2.21. The van der Waals surface area contributed by atoms with E-state index in [2.05, 4.69) is 50.1 Å². The van der Waals surface area contributed by atoms with Crippen molar-refractivity contribution in [2.75, 3.05) is 6.54 Å². The molecule has 96 valence electrons. The average Bonchev–Trinajstić information content (AvgIpc) is 2.66. The molecule has 1 unspecified atom stereocenters. The summed E-state index contributed by atoms with van der Waals surface area (Å²) in [6, 6.07) is 4.76. The van der Waals surface area contributed by atoms with Crippen molar-refractivity contribution in [3.63, 3.8) is 0 Å².